The number of hydrogen-bond donors (Lipinski definition) is 3. The highest BCUT2D eigenvalue weighted by Gasteiger charge is 2.29. The Labute approximate surface area is 124 Å². The van der Waals surface area contributed by atoms with Crippen LogP contribution >= 0.6 is 0 Å². The van der Waals surface area contributed by atoms with Crippen molar-refractivity contribution >= 4 is 11.8 Å². The summed E-state index contributed by atoms with van der Waals surface area (Å²) in [7, 11) is 0. The molecular weight excluding hydrogens is 268 g/mol. The molecule has 2 rings (SSSR count). The normalized spacial score (nSPS) is 15.3. The summed E-state index contributed by atoms with van der Waals surface area (Å²) < 4.78 is 0. The van der Waals surface area contributed by atoms with Crippen LogP contribution in [0.3, 0.4) is 0 Å². The molecule has 1 aliphatic rings. The van der Waals surface area contributed by atoms with Crippen molar-refractivity contribution in [2.75, 3.05) is 13.2 Å². The van der Waals surface area contributed by atoms with Gasteiger partial charge in [-0.1, -0.05) is 30.3 Å². The van der Waals surface area contributed by atoms with Crippen LogP contribution in [0.5, 0.6) is 0 Å². The fraction of sp³-hybridized carbons (Fsp3) is 0.500. The van der Waals surface area contributed by atoms with Crippen LogP contribution in [0.4, 0.5) is 0 Å². The molecule has 0 saturated heterocycles. The van der Waals surface area contributed by atoms with E-state index >= 15 is 0 Å². The highest BCUT2D eigenvalue weighted by atomic mass is 16.3. The number of aliphatic hydroxyl groups excluding tert-OH is 1. The lowest BCUT2D eigenvalue weighted by Gasteiger charge is -2.16. The number of hydrogen-bond acceptors (Lipinski definition) is 3. The Morgan fingerprint density at radius 3 is 2.57 bits per heavy atom. The number of nitrogens with one attached hydrogen (secondary N) is 2. The van der Waals surface area contributed by atoms with Gasteiger partial charge in [-0.25, -0.2) is 0 Å². The van der Waals surface area contributed by atoms with Crippen LogP contribution < -0.4 is 10.6 Å². The van der Waals surface area contributed by atoms with Crippen LogP contribution in [0.2, 0.25) is 0 Å². The van der Waals surface area contributed by atoms with Gasteiger partial charge >= 0.3 is 0 Å². The van der Waals surface area contributed by atoms with Gasteiger partial charge in [0.05, 0.1) is 12.6 Å². The van der Waals surface area contributed by atoms with Crippen molar-refractivity contribution in [3.05, 3.63) is 35.9 Å². The average molecular weight is 290 g/mol. The Morgan fingerprint density at radius 2 is 1.95 bits per heavy atom. The standard InChI is InChI=1S/C16H22N2O3/c19-11-14(12-5-2-1-3-6-12)18-15(20)7-4-10-17-16(21)13-8-9-13/h1-3,5-6,13-14,19H,4,7-11H2,(H,17,21)(H,18,20). The van der Waals surface area contributed by atoms with Gasteiger partial charge in [0.25, 0.3) is 0 Å². The van der Waals surface area contributed by atoms with Crippen molar-refractivity contribution in [3.8, 4) is 0 Å². The van der Waals surface area contributed by atoms with E-state index in [1.165, 1.54) is 0 Å². The summed E-state index contributed by atoms with van der Waals surface area (Å²) in [6, 6.07) is 9.01. The molecule has 3 N–H and O–H groups in total. The van der Waals surface area contributed by atoms with Crippen molar-refractivity contribution in [2.45, 2.75) is 31.7 Å². The van der Waals surface area contributed by atoms with Gasteiger partial charge in [-0.3, -0.25) is 9.59 Å². The Kier molecular flexibility index (Phi) is 5.75. The first-order chi connectivity index (χ1) is 10.2. The van der Waals surface area contributed by atoms with E-state index in [1.807, 2.05) is 30.3 Å². The van der Waals surface area contributed by atoms with Crippen molar-refractivity contribution in [1.29, 1.82) is 0 Å². The zero-order valence-corrected chi connectivity index (χ0v) is 12.0. The topological polar surface area (TPSA) is 78.4 Å². The molecule has 0 heterocycles. The van der Waals surface area contributed by atoms with Gasteiger partial charge < -0.3 is 15.7 Å². The zero-order valence-electron chi connectivity index (χ0n) is 12.0. The Bertz CT molecular complexity index is 472. The smallest absolute Gasteiger partial charge is 0.223 e. The van der Waals surface area contributed by atoms with Crippen LogP contribution in [-0.4, -0.2) is 30.1 Å². The van der Waals surface area contributed by atoms with Crippen molar-refractivity contribution in [3.63, 3.8) is 0 Å². The molecule has 5 nitrogen and oxygen atoms in total. The molecule has 1 aromatic carbocycles. The molecule has 1 aliphatic carbocycles. The van der Waals surface area contributed by atoms with E-state index in [-0.39, 0.29) is 30.4 Å². The minimum absolute atomic E-state index is 0.105. The minimum atomic E-state index is -0.375. The third-order valence-electron chi connectivity index (χ3n) is 3.55. The largest absolute Gasteiger partial charge is 0.394 e. The summed E-state index contributed by atoms with van der Waals surface area (Å²) in [4.78, 5) is 23.3. The van der Waals surface area contributed by atoms with Crippen molar-refractivity contribution in [1.82, 2.24) is 10.6 Å². The summed E-state index contributed by atoms with van der Waals surface area (Å²) >= 11 is 0. The molecule has 2 amide bonds. The van der Waals surface area contributed by atoms with E-state index in [1.54, 1.807) is 0 Å². The second kappa shape index (κ2) is 7.78. The number of carbonyl (C=O) groups is 2. The molecule has 0 spiro atoms. The van der Waals surface area contributed by atoms with Gasteiger partial charge in [0.1, 0.15) is 0 Å². The van der Waals surface area contributed by atoms with Gasteiger partial charge in [-0.15, -0.1) is 0 Å². The van der Waals surface area contributed by atoms with Crippen molar-refractivity contribution < 1.29 is 14.7 Å². The zero-order chi connectivity index (χ0) is 15.1. The molecule has 0 radical (unpaired) electrons. The van der Waals surface area contributed by atoms with Gasteiger partial charge in [0, 0.05) is 18.9 Å². The fourth-order valence-corrected chi connectivity index (χ4v) is 2.14. The summed E-state index contributed by atoms with van der Waals surface area (Å²) in [5.41, 5.74) is 0.885. The molecule has 0 bridgehead atoms. The van der Waals surface area contributed by atoms with E-state index in [9.17, 15) is 14.7 Å². The number of amides is 2. The van der Waals surface area contributed by atoms with E-state index in [0.29, 0.717) is 19.4 Å². The predicted molar refractivity (Wildman–Crippen MR) is 79.4 cm³/mol. The summed E-state index contributed by atoms with van der Waals surface area (Å²) in [5.74, 6) is 0.196. The molecule has 5 heteroatoms. The van der Waals surface area contributed by atoms with Crippen LogP contribution in [0.15, 0.2) is 30.3 Å². The molecule has 114 valence electrons. The lowest BCUT2D eigenvalue weighted by Crippen LogP contribution is -2.32. The lowest BCUT2D eigenvalue weighted by molar-refractivity contribution is -0.124. The number of aliphatic hydroxyl groups is 1. The summed E-state index contributed by atoms with van der Waals surface area (Å²) in [6.07, 6.45) is 2.93. The number of carbonyl (C=O) groups excluding carboxylic acids is 2. The Balaban J connectivity index is 1.66. The van der Waals surface area contributed by atoms with Gasteiger partial charge in [-0.05, 0) is 24.8 Å². The van der Waals surface area contributed by atoms with Crippen LogP contribution in [-0.2, 0) is 9.59 Å². The van der Waals surface area contributed by atoms with Gasteiger partial charge in [0.2, 0.25) is 11.8 Å². The van der Waals surface area contributed by atoms with Crippen LogP contribution in [0.1, 0.15) is 37.3 Å². The molecule has 1 unspecified atom stereocenters. The van der Waals surface area contributed by atoms with Gasteiger partial charge in [-0.2, -0.15) is 0 Å². The quantitative estimate of drug-likeness (QED) is 0.628. The maximum absolute atomic E-state index is 11.8. The average Bonchev–Trinajstić information content (AvgIpc) is 3.34. The number of rotatable bonds is 8. The van der Waals surface area contributed by atoms with E-state index in [4.69, 9.17) is 0 Å². The van der Waals surface area contributed by atoms with Crippen LogP contribution in [0, 0.1) is 5.92 Å². The molecule has 0 aliphatic heterocycles. The Hall–Kier alpha value is -1.88. The molecule has 1 atom stereocenters. The maximum Gasteiger partial charge on any atom is 0.223 e. The molecule has 1 aromatic rings. The fourth-order valence-electron chi connectivity index (χ4n) is 2.14. The molecular formula is C16H22N2O3. The first-order valence-corrected chi connectivity index (χ1v) is 7.43. The monoisotopic (exact) mass is 290 g/mol. The Morgan fingerprint density at radius 1 is 1.24 bits per heavy atom. The second-order valence-electron chi connectivity index (χ2n) is 5.38. The summed E-state index contributed by atoms with van der Waals surface area (Å²) in [6.45, 7) is 0.395. The minimum Gasteiger partial charge on any atom is -0.394 e. The lowest BCUT2D eigenvalue weighted by atomic mass is 10.1. The SMILES string of the molecule is O=C(CCCNC(=O)C1CC1)NC(CO)c1ccccc1. The molecule has 21 heavy (non-hydrogen) atoms. The van der Waals surface area contributed by atoms with Crippen LogP contribution in [0.25, 0.3) is 0 Å². The highest BCUT2D eigenvalue weighted by molar-refractivity contribution is 5.81. The molecule has 0 aromatic heterocycles. The van der Waals surface area contributed by atoms with Crippen molar-refractivity contribution in [2.24, 2.45) is 5.92 Å². The second-order valence-corrected chi connectivity index (χ2v) is 5.38. The highest BCUT2D eigenvalue weighted by Crippen LogP contribution is 2.28. The predicted octanol–water partition coefficient (Wildman–Crippen LogP) is 1.14. The van der Waals surface area contributed by atoms with E-state index < -0.39 is 0 Å². The third-order valence-corrected chi connectivity index (χ3v) is 3.55. The first-order valence-electron chi connectivity index (χ1n) is 7.43. The summed E-state index contributed by atoms with van der Waals surface area (Å²) in [5, 5.41) is 15.0. The van der Waals surface area contributed by atoms with Gasteiger partial charge in [0.15, 0.2) is 0 Å². The maximum atomic E-state index is 11.8. The third kappa shape index (κ3) is 5.19. The molecule has 1 fully saturated rings. The number of benzene rings is 1. The first kappa shape index (κ1) is 15.5. The van der Waals surface area contributed by atoms with E-state index in [2.05, 4.69) is 10.6 Å². The van der Waals surface area contributed by atoms with E-state index in [0.717, 1.165) is 18.4 Å². The molecule has 1 saturated carbocycles.